The van der Waals surface area contributed by atoms with Crippen molar-refractivity contribution in [1.29, 1.82) is 0 Å². The predicted molar refractivity (Wildman–Crippen MR) is 124 cm³/mol. The lowest BCUT2D eigenvalue weighted by Gasteiger charge is -2.26. The Hall–Kier alpha value is -3.67. The Morgan fingerprint density at radius 1 is 0.656 bits per heavy atom. The van der Waals surface area contributed by atoms with Gasteiger partial charge in [-0.15, -0.1) is 0 Å². The van der Waals surface area contributed by atoms with E-state index in [1.807, 2.05) is 42.5 Å². The lowest BCUT2D eigenvalue weighted by Crippen LogP contribution is -2.18. The smallest absolute Gasteiger partial charge is 0.161 e. The van der Waals surface area contributed by atoms with Crippen LogP contribution in [0.5, 0.6) is 28.7 Å². The molecule has 0 N–H and O–H groups in total. The van der Waals surface area contributed by atoms with Gasteiger partial charge in [-0.25, -0.2) is 0 Å². The van der Waals surface area contributed by atoms with Gasteiger partial charge in [0.1, 0.15) is 5.75 Å². The van der Waals surface area contributed by atoms with Gasteiger partial charge in [-0.3, -0.25) is 4.99 Å². The van der Waals surface area contributed by atoms with Crippen LogP contribution in [0.15, 0.2) is 59.6 Å². The van der Waals surface area contributed by atoms with E-state index in [9.17, 15) is 0 Å². The fourth-order valence-electron chi connectivity index (χ4n) is 4.02. The quantitative estimate of drug-likeness (QED) is 0.532. The molecule has 1 unspecified atom stereocenters. The molecule has 0 saturated carbocycles. The summed E-state index contributed by atoms with van der Waals surface area (Å²) in [5, 5.41) is 0. The van der Waals surface area contributed by atoms with E-state index in [1.54, 1.807) is 35.5 Å². The highest BCUT2D eigenvalue weighted by Gasteiger charge is 2.26. The van der Waals surface area contributed by atoms with Crippen LogP contribution < -0.4 is 23.7 Å². The third-order valence-electron chi connectivity index (χ3n) is 5.72. The Balaban J connectivity index is 1.87. The Morgan fingerprint density at radius 3 is 1.91 bits per heavy atom. The summed E-state index contributed by atoms with van der Waals surface area (Å²) in [7, 11) is 8.21. The topological polar surface area (TPSA) is 58.5 Å². The molecule has 0 bridgehead atoms. The fraction of sp³-hybridized carbons (Fsp3) is 0.269. The molecule has 1 aliphatic rings. The van der Waals surface area contributed by atoms with E-state index < -0.39 is 0 Å². The van der Waals surface area contributed by atoms with Gasteiger partial charge < -0.3 is 23.7 Å². The van der Waals surface area contributed by atoms with Crippen LogP contribution in [0.3, 0.4) is 0 Å². The first-order chi connectivity index (χ1) is 15.6. The molecule has 0 aliphatic carbocycles. The van der Waals surface area contributed by atoms with Crippen molar-refractivity contribution >= 4 is 5.71 Å². The first-order valence-corrected chi connectivity index (χ1v) is 10.3. The van der Waals surface area contributed by atoms with Crippen LogP contribution in [0.2, 0.25) is 0 Å². The molecule has 6 heteroatoms. The van der Waals surface area contributed by atoms with Crippen molar-refractivity contribution in [2.24, 2.45) is 4.99 Å². The highest BCUT2D eigenvalue weighted by atomic mass is 16.5. The lowest BCUT2D eigenvalue weighted by molar-refractivity contribution is 0.354. The number of hydrogen-bond acceptors (Lipinski definition) is 6. The summed E-state index contributed by atoms with van der Waals surface area (Å²) < 4.78 is 27.4. The van der Waals surface area contributed by atoms with Crippen molar-refractivity contribution in [3.63, 3.8) is 0 Å². The molecule has 4 rings (SSSR count). The van der Waals surface area contributed by atoms with E-state index in [0.29, 0.717) is 23.0 Å². The minimum Gasteiger partial charge on any atom is -0.497 e. The van der Waals surface area contributed by atoms with Crippen LogP contribution in [0.4, 0.5) is 0 Å². The highest BCUT2D eigenvalue weighted by molar-refractivity contribution is 6.15. The van der Waals surface area contributed by atoms with Gasteiger partial charge in [-0.1, -0.05) is 12.1 Å². The van der Waals surface area contributed by atoms with Gasteiger partial charge in [0.15, 0.2) is 23.0 Å². The van der Waals surface area contributed by atoms with Gasteiger partial charge >= 0.3 is 0 Å². The maximum atomic E-state index is 5.57. The second-order valence-corrected chi connectivity index (χ2v) is 7.40. The van der Waals surface area contributed by atoms with E-state index in [4.69, 9.17) is 28.7 Å². The first kappa shape index (κ1) is 21.6. The number of nitrogens with zero attached hydrogens (tertiary/aromatic N) is 1. The Morgan fingerprint density at radius 2 is 1.28 bits per heavy atom. The summed E-state index contributed by atoms with van der Waals surface area (Å²) in [6, 6.07) is 17.9. The number of aliphatic imine (C=N–C) groups is 1. The number of hydrogen-bond donors (Lipinski definition) is 0. The standard InChI is InChI=1S/C26H27NO5/c1-28-19-9-6-16(7-10-19)21-12-18-14-24(31-4)25(32-5)15-20(18)26(27-21)17-8-11-22(29-2)23(13-17)30-3/h6-11,13-15,21H,12H2,1-5H3. The maximum absolute atomic E-state index is 5.57. The second-order valence-electron chi connectivity index (χ2n) is 7.40. The van der Waals surface area contributed by atoms with E-state index >= 15 is 0 Å². The van der Waals surface area contributed by atoms with Crippen LogP contribution in [0, 0.1) is 0 Å². The lowest BCUT2D eigenvalue weighted by atomic mass is 9.87. The third-order valence-corrected chi connectivity index (χ3v) is 5.72. The van der Waals surface area contributed by atoms with Gasteiger partial charge in [0, 0.05) is 11.1 Å². The zero-order chi connectivity index (χ0) is 22.7. The first-order valence-electron chi connectivity index (χ1n) is 10.3. The second kappa shape index (κ2) is 9.22. The summed E-state index contributed by atoms with van der Waals surface area (Å²) in [6.07, 6.45) is 0.749. The van der Waals surface area contributed by atoms with E-state index in [-0.39, 0.29) is 6.04 Å². The SMILES string of the molecule is COc1ccc(C2Cc3cc(OC)c(OC)cc3C(c3ccc(OC)c(OC)c3)=N2)cc1. The number of methoxy groups -OCH3 is 5. The summed E-state index contributed by atoms with van der Waals surface area (Å²) in [5.41, 5.74) is 5.08. The monoisotopic (exact) mass is 433 g/mol. The largest absolute Gasteiger partial charge is 0.497 e. The third kappa shape index (κ3) is 3.96. The van der Waals surface area contributed by atoms with Crippen LogP contribution in [0.1, 0.15) is 28.3 Å². The van der Waals surface area contributed by atoms with Gasteiger partial charge in [-0.05, 0) is 60.0 Å². The van der Waals surface area contributed by atoms with Crippen molar-refractivity contribution in [1.82, 2.24) is 0 Å². The molecule has 0 aromatic heterocycles. The van der Waals surface area contributed by atoms with Crippen LogP contribution >= 0.6 is 0 Å². The zero-order valence-corrected chi connectivity index (χ0v) is 19.0. The average Bonchev–Trinajstić information content (AvgIpc) is 2.86. The molecule has 1 atom stereocenters. The Bertz CT molecular complexity index is 1140. The summed E-state index contributed by atoms with van der Waals surface area (Å²) in [5.74, 6) is 3.52. The number of rotatable bonds is 7. The molecule has 1 aliphatic heterocycles. The minimum atomic E-state index is -0.0467. The van der Waals surface area contributed by atoms with Crippen LogP contribution in [-0.2, 0) is 6.42 Å². The minimum absolute atomic E-state index is 0.0467. The highest BCUT2D eigenvalue weighted by Crippen LogP contribution is 2.39. The maximum Gasteiger partial charge on any atom is 0.161 e. The van der Waals surface area contributed by atoms with Crippen molar-refractivity contribution in [2.75, 3.05) is 35.5 Å². The Labute approximate surface area is 188 Å². The number of benzene rings is 3. The van der Waals surface area contributed by atoms with Gasteiger partial charge in [0.05, 0.1) is 47.3 Å². The Kier molecular flexibility index (Phi) is 6.21. The van der Waals surface area contributed by atoms with E-state index in [2.05, 4.69) is 12.1 Å². The van der Waals surface area contributed by atoms with E-state index in [0.717, 1.165) is 40.1 Å². The van der Waals surface area contributed by atoms with Crippen molar-refractivity contribution in [2.45, 2.75) is 12.5 Å². The molecule has 32 heavy (non-hydrogen) atoms. The van der Waals surface area contributed by atoms with Gasteiger partial charge in [-0.2, -0.15) is 0 Å². The molecule has 3 aromatic rings. The molecule has 0 radical (unpaired) electrons. The predicted octanol–water partition coefficient (Wildman–Crippen LogP) is 4.86. The molecular formula is C26H27NO5. The molecular weight excluding hydrogens is 406 g/mol. The summed E-state index contributed by atoms with van der Waals surface area (Å²) in [6.45, 7) is 0. The van der Waals surface area contributed by atoms with Crippen LogP contribution in [-0.4, -0.2) is 41.3 Å². The van der Waals surface area contributed by atoms with Gasteiger partial charge in [0.2, 0.25) is 0 Å². The van der Waals surface area contributed by atoms with Crippen LogP contribution in [0.25, 0.3) is 0 Å². The molecule has 6 nitrogen and oxygen atoms in total. The average molecular weight is 434 g/mol. The van der Waals surface area contributed by atoms with Crippen molar-refractivity contribution < 1.29 is 23.7 Å². The van der Waals surface area contributed by atoms with Crippen molar-refractivity contribution in [3.8, 4) is 28.7 Å². The fourth-order valence-corrected chi connectivity index (χ4v) is 4.02. The summed E-state index contributed by atoms with van der Waals surface area (Å²) >= 11 is 0. The van der Waals surface area contributed by atoms with E-state index in [1.165, 1.54) is 0 Å². The molecule has 3 aromatic carbocycles. The van der Waals surface area contributed by atoms with Gasteiger partial charge in [0.25, 0.3) is 0 Å². The zero-order valence-electron chi connectivity index (χ0n) is 19.0. The molecule has 0 amide bonds. The molecule has 1 heterocycles. The molecule has 0 fully saturated rings. The normalized spacial score (nSPS) is 14.8. The molecule has 0 saturated heterocycles. The van der Waals surface area contributed by atoms with Crippen molar-refractivity contribution in [3.05, 3.63) is 76.9 Å². The molecule has 0 spiro atoms. The number of ether oxygens (including phenoxy) is 5. The number of fused-ring (bicyclic) bond motifs is 1. The molecule has 166 valence electrons. The summed E-state index contributed by atoms with van der Waals surface area (Å²) in [4.78, 5) is 5.16.